The maximum absolute atomic E-state index is 11.9. The molecule has 0 bridgehead atoms. The summed E-state index contributed by atoms with van der Waals surface area (Å²) in [7, 11) is 0. The number of nitrogens with one attached hydrogen (secondary N) is 1. The minimum atomic E-state index is 0.0818. The Labute approximate surface area is 116 Å². The summed E-state index contributed by atoms with van der Waals surface area (Å²) in [5, 5.41) is 2.96. The zero-order chi connectivity index (χ0) is 14.3. The number of nitrogens with two attached hydrogens (primary N) is 1. The van der Waals surface area contributed by atoms with Crippen LogP contribution < -0.4 is 11.1 Å². The quantitative estimate of drug-likeness (QED) is 0.791. The van der Waals surface area contributed by atoms with Crippen molar-refractivity contribution in [1.29, 1.82) is 0 Å². The van der Waals surface area contributed by atoms with Crippen LogP contribution in [-0.4, -0.2) is 12.5 Å². The molecule has 1 aromatic rings. The first-order valence-electron chi connectivity index (χ1n) is 7.06. The molecule has 0 spiro atoms. The largest absolute Gasteiger partial charge is 0.330 e. The lowest BCUT2D eigenvalue weighted by Gasteiger charge is -2.23. The van der Waals surface area contributed by atoms with Crippen LogP contribution in [0.15, 0.2) is 24.3 Å². The van der Waals surface area contributed by atoms with Gasteiger partial charge in [0.25, 0.3) is 0 Å². The van der Waals surface area contributed by atoms with Gasteiger partial charge < -0.3 is 11.1 Å². The highest BCUT2D eigenvalue weighted by molar-refractivity contribution is 5.90. The number of carbonyl (C=O) groups is 1. The number of benzene rings is 1. The molecule has 3 N–H and O–H groups in total. The van der Waals surface area contributed by atoms with E-state index in [4.69, 9.17) is 5.73 Å². The Balaban J connectivity index is 2.46. The molecule has 1 amide bonds. The first-order valence-corrected chi connectivity index (χ1v) is 7.06. The molecular formula is C16H26N2O. The van der Waals surface area contributed by atoms with Gasteiger partial charge in [-0.3, -0.25) is 4.79 Å². The highest BCUT2D eigenvalue weighted by Crippen LogP contribution is 2.26. The summed E-state index contributed by atoms with van der Waals surface area (Å²) >= 11 is 0. The van der Waals surface area contributed by atoms with Crippen molar-refractivity contribution in [2.24, 2.45) is 11.1 Å². The molecule has 1 aromatic carbocycles. The van der Waals surface area contributed by atoms with Crippen molar-refractivity contribution < 1.29 is 4.79 Å². The molecule has 3 nitrogen and oxygen atoms in total. The van der Waals surface area contributed by atoms with Crippen molar-refractivity contribution in [3.05, 3.63) is 29.8 Å². The Kier molecular flexibility index (Phi) is 6.03. The van der Waals surface area contributed by atoms with Crippen LogP contribution in [0.1, 0.15) is 45.6 Å². The molecule has 0 aliphatic carbocycles. The zero-order valence-corrected chi connectivity index (χ0v) is 12.3. The van der Waals surface area contributed by atoms with E-state index in [0.717, 1.165) is 24.9 Å². The lowest BCUT2D eigenvalue weighted by atomic mass is 9.84. The molecule has 0 saturated carbocycles. The third kappa shape index (κ3) is 5.88. The average Bonchev–Trinajstić information content (AvgIpc) is 2.37. The zero-order valence-electron chi connectivity index (χ0n) is 12.3. The third-order valence-electron chi connectivity index (χ3n) is 3.47. The second-order valence-corrected chi connectivity index (χ2v) is 5.80. The average molecular weight is 262 g/mol. The fraction of sp³-hybridized carbons (Fsp3) is 0.562. The van der Waals surface area contributed by atoms with Gasteiger partial charge in [0.1, 0.15) is 0 Å². The summed E-state index contributed by atoms with van der Waals surface area (Å²) in [6.45, 7) is 7.10. The van der Waals surface area contributed by atoms with Crippen LogP contribution in [0.3, 0.4) is 0 Å². The molecular weight excluding hydrogens is 236 g/mol. The van der Waals surface area contributed by atoms with Crippen molar-refractivity contribution in [1.82, 2.24) is 0 Å². The Hall–Kier alpha value is -1.35. The molecule has 106 valence electrons. The Morgan fingerprint density at radius 3 is 2.68 bits per heavy atom. The SMILES string of the molecule is CCc1cccc(NC(=O)CCC(C)(C)CCN)c1. The van der Waals surface area contributed by atoms with Gasteiger partial charge in [-0.25, -0.2) is 0 Å². The van der Waals surface area contributed by atoms with Crippen LogP contribution in [0.2, 0.25) is 0 Å². The smallest absolute Gasteiger partial charge is 0.224 e. The van der Waals surface area contributed by atoms with Crippen molar-refractivity contribution in [3.8, 4) is 0 Å². The Bertz CT molecular complexity index is 413. The van der Waals surface area contributed by atoms with Gasteiger partial charge in [0.2, 0.25) is 5.91 Å². The highest BCUT2D eigenvalue weighted by atomic mass is 16.1. The standard InChI is InChI=1S/C16H26N2O/c1-4-13-6-5-7-14(12-13)18-15(19)8-9-16(2,3)10-11-17/h5-7,12H,4,8-11,17H2,1-3H3,(H,18,19). The predicted molar refractivity (Wildman–Crippen MR) is 81.1 cm³/mol. The number of amides is 1. The summed E-state index contributed by atoms with van der Waals surface area (Å²) in [5.41, 5.74) is 7.84. The lowest BCUT2D eigenvalue weighted by Crippen LogP contribution is -2.20. The summed E-state index contributed by atoms with van der Waals surface area (Å²) < 4.78 is 0. The lowest BCUT2D eigenvalue weighted by molar-refractivity contribution is -0.116. The first-order chi connectivity index (χ1) is 8.96. The number of aryl methyl sites for hydroxylation is 1. The molecule has 19 heavy (non-hydrogen) atoms. The minimum Gasteiger partial charge on any atom is -0.330 e. The van der Waals surface area contributed by atoms with E-state index in [2.05, 4.69) is 32.2 Å². The maximum atomic E-state index is 11.9. The van der Waals surface area contributed by atoms with Crippen molar-refractivity contribution in [2.45, 2.75) is 46.5 Å². The van der Waals surface area contributed by atoms with Crippen LogP contribution in [0.25, 0.3) is 0 Å². The summed E-state index contributed by atoms with van der Waals surface area (Å²) in [6, 6.07) is 8.01. The molecule has 0 fully saturated rings. The molecule has 3 heteroatoms. The predicted octanol–water partition coefficient (Wildman–Crippen LogP) is 3.34. The molecule has 0 aliphatic heterocycles. The van der Waals surface area contributed by atoms with Gasteiger partial charge in [-0.1, -0.05) is 32.9 Å². The molecule has 0 heterocycles. The van der Waals surface area contributed by atoms with E-state index >= 15 is 0 Å². The van der Waals surface area contributed by atoms with Gasteiger partial charge in [0.15, 0.2) is 0 Å². The van der Waals surface area contributed by atoms with Gasteiger partial charge in [0, 0.05) is 12.1 Å². The van der Waals surface area contributed by atoms with E-state index in [9.17, 15) is 4.79 Å². The second kappa shape index (κ2) is 7.29. The Morgan fingerprint density at radius 2 is 2.05 bits per heavy atom. The van der Waals surface area contributed by atoms with Crippen LogP contribution in [0, 0.1) is 5.41 Å². The van der Waals surface area contributed by atoms with Crippen molar-refractivity contribution in [3.63, 3.8) is 0 Å². The van der Waals surface area contributed by atoms with E-state index in [-0.39, 0.29) is 11.3 Å². The molecule has 0 aliphatic rings. The second-order valence-electron chi connectivity index (χ2n) is 5.80. The van der Waals surface area contributed by atoms with Crippen LogP contribution >= 0.6 is 0 Å². The highest BCUT2D eigenvalue weighted by Gasteiger charge is 2.18. The van der Waals surface area contributed by atoms with Crippen LogP contribution in [-0.2, 0) is 11.2 Å². The summed E-state index contributed by atoms with van der Waals surface area (Å²) in [6.07, 6.45) is 3.34. The molecule has 1 rings (SSSR count). The van der Waals surface area contributed by atoms with Crippen molar-refractivity contribution in [2.75, 3.05) is 11.9 Å². The minimum absolute atomic E-state index is 0.0818. The first kappa shape index (κ1) is 15.7. The molecule has 0 unspecified atom stereocenters. The number of hydrogen-bond donors (Lipinski definition) is 2. The number of rotatable bonds is 7. The van der Waals surface area contributed by atoms with E-state index < -0.39 is 0 Å². The topological polar surface area (TPSA) is 55.1 Å². The van der Waals surface area contributed by atoms with E-state index in [1.807, 2.05) is 18.2 Å². The van der Waals surface area contributed by atoms with Crippen LogP contribution in [0.4, 0.5) is 5.69 Å². The molecule has 0 aromatic heterocycles. The van der Waals surface area contributed by atoms with E-state index in [0.29, 0.717) is 13.0 Å². The van der Waals surface area contributed by atoms with Gasteiger partial charge in [-0.15, -0.1) is 0 Å². The monoisotopic (exact) mass is 262 g/mol. The fourth-order valence-corrected chi connectivity index (χ4v) is 2.06. The number of carbonyl (C=O) groups excluding carboxylic acids is 1. The van der Waals surface area contributed by atoms with Gasteiger partial charge >= 0.3 is 0 Å². The molecule has 0 radical (unpaired) electrons. The Morgan fingerprint density at radius 1 is 1.32 bits per heavy atom. The van der Waals surface area contributed by atoms with E-state index in [1.165, 1.54) is 5.56 Å². The fourth-order valence-electron chi connectivity index (χ4n) is 2.06. The van der Waals surface area contributed by atoms with Crippen LogP contribution in [0.5, 0.6) is 0 Å². The van der Waals surface area contributed by atoms with Gasteiger partial charge in [-0.2, -0.15) is 0 Å². The van der Waals surface area contributed by atoms with Gasteiger partial charge in [0.05, 0.1) is 0 Å². The van der Waals surface area contributed by atoms with Crippen molar-refractivity contribution >= 4 is 11.6 Å². The number of anilines is 1. The summed E-state index contributed by atoms with van der Waals surface area (Å²) in [5.74, 6) is 0.0818. The molecule has 0 atom stereocenters. The summed E-state index contributed by atoms with van der Waals surface area (Å²) in [4.78, 5) is 11.9. The number of hydrogen-bond acceptors (Lipinski definition) is 2. The third-order valence-corrected chi connectivity index (χ3v) is 3.47. The molecule has 0 saturated heterocycles. The van der Waals surface area contributed by atoms with E-state index in [1.54, 1.807) is 0 Å². The maximum Gasteiger partial charge on any atom is 0.224 e. The normalized spacial score (nSPS) is 11.4. The van der Waals surface area contributed by atoms with Gasteiger partial charge in [-0.05, 0) is 48.9 Å².